The normalized spacial score (nSPS) is 10.9. The van der Waals surface area contributed by atoms with E-state index in [9.17, 15) is 8.42 Å². The maximum atomic E-state index is 12.6. The van der Waals surface area contributed by atoms with E-state index < -0.39 is 10.0 Å². The molecule has 0 aliphatic rings. The molecule has 1 aromatic carbocycles. The minimum Gasteiger partial charge on any atom is -0.270 e. The molecule has 0 saturated carbocycles. The summed E-state index contributed by atoms with van der Waals surface area (Å²) >= 11 is 0. The van der Waals surface area contributed by atoms with Crippen molar-refractivity contribution in [2.24, 2.45) is 0 Å². The number of benzene rings is 1. The zero-order valence-electron chi connectivity index (χ0n) is 11.6. The number of rotatable bonds is 5. The molecule has 0 bridgehead atoms. The van der Waals surface area contributed by atoms with Gasteiger partial charge in [0.05, 0.1) is 23.1 Å². The van der Waals surface area contributed by atoms with E-state index >= 15 is 0 Å². The number of nitrogens with zero attached hydrogens (tertiary/aromatic N) is 3. The molecular formula is C15H15N3O2S. The first kappa shape index (κ1) is 15.0. The summed E-state index contributed by atoms with van der Waals surface area (Å²) in [5.74, 6) is -0.201. The van der Waals surface area contributed by atoms with Crippen LogP contribution < -0.4 is 4.31 Å². The molecule has 2 rings (SSSR count). The van der Waals surface area contributed by atoms with Gasteiger partial charge in [-0.15, -0.1) is 0 Å². The van der Waals surface area contributed by atoms with Crippen molar-refractivity contribution in [3.63, 3.8) is 0 Å². The van der Waals surface area contributed by atoms with Gasteiger partial charge in [-0.1, -0.05) is 18.2 Å². The van der Waals surface area contributed by atoms with Gasteiger partial charge in [-0.3, -0.25) is 9.29 Å². The van der Waals surface area contributed by atoms with E-state index in [0.717, 1.165) is 0 Å². The monoisotopic (exact) mass is 301 g/mol. The zero-order valence-corrected chi connectivity index (χ0v) is 12.4. The molecule has 0 aliphatic heterocycles. The highest BCUT2D eigenvalue weighted by atomic mass is 32.2. The summed E-state index contributed by atoms with van der Waals surface area (Å²) in [6.07, 6.45) is 3.10. The summed E-state index contributed by atoms with van der Waals surface area (Å²) in [6.45, 7) is 2.09. The lowest BCUT2D eigenvalue weighted by Crippen LogP contribution is -2.32. The van der Waals surface area contributed by atoms with Gasteiger partial charge in [0.2, 0.25) is 10.0 Å². The van der Waals surface area contributed by atoms with E-state index in [0.29, 0.717) is 23.4 Å². The summed E-state index contributed by atoms with van der Waals surface area (Å²) in [4.78, 5) is 3.89. The Balaban J connectivity index is 2.35. The lowest BCUT2D eigenvalue weighted by atomic mass is 10.1. The van der Waals surface area contributed by atoms with Gasteiger partial charge in [-0.2, -0.15) is 5.26 Å². The van der Waals surface area contributed by atoms with Crippen molar-refractivity contribution < 1.29 is 8.42 Å². The first-order valence-electron chi connectivity index (χ1n) is 6.47. The fraction of sp³-hybridized carbons (Fsp3) is 0.200. The summed E-state index contributed by atoms with van der Waals surface area (Å²) in [7, 11) is -3.56. The maximum absolute atomic E-state index is 12.6. The number of nitriles is 1. The number of sulfonamides is 1. The Morgan fingerprint density at radius 3 is 2.48 bits per heavy atom. The van der Waals surface area contributed by atoms with Crippen molar-refractivity contribution in [3.05, 3.63) is 59.9 Å². The molecule has 2 aromatic rings. The molecule has 1 aromatic heterocycles. The number of pyridine rings is 1. The van der Waals surface area contributed by atoms with Crippen LogP contribution in [0.25, 0.3) is 0 Å². The Hall–Kier alpha value is -2.39. The molecule has 108 valence electrons. The van der Waals surface area contributed by atoms with E-state index in [4.69, 9.17) is 5.26 Å². The van der Waals surface area contributed by atoms with E-state index in [-0.39, 0.29) is 5.75 Å². The average molecular weight is 301 g/mol. The number of aromatic nitrogens is 1. The van der Waals surface area contributed by atoms with Crippen LogP contribution in [0.5, 0.6) is 0 Å². The third kappa shape index (κ3) is 3.38. The predicted molar refractivity (Wildman–Crippen MR) is 81.0 cm³/mol. The van der Waals surface area contributed by atoms with Crippen LogP contribution in [-0.2, 0) is 15.8 Å². The highest BCUT2D eigenvalue weighted by molar-refractivity contribution is 7.92. The topological polar surface area (TPSA) is 74.1 Å². The van der Waals surface area contributed by atoms with Crippen LogP contribution in [0.3, 0.4) is 0 Å². The van der Waals surface area contributed by atoms with Gasteiger partial charge in [0.1, 0.15) is 0 Å². The molecule has 0 aliphatic carbocycles. The summed E-state index contributed by atoms with van der Waals surface area (Å²) in [5, 5.41) is 9.06. The third-order valence-corrected chi connectivity index (χ3v) is 4.87. The molecule has 6 heteroatoms. The Morgan fingerprint density at radius 1 is 1.19 bits per heavy atom. The van der Waals surface area contributed by atoms with E-state index in [1.54, 1.807) is 55.7 Å². The highest BCUT2D eigenvalue weighted by Crippen LogP contribution is 2.20. The smallest absolute Gasteiger partial charge is 0.239 e. The quantitative estimate of drug-likeness (QED) is 0.849. The standard InChI is InChI=1S/C15H15N3O2S/c1-2-18(15-7-9-17-10-8-15)21(19,20)12-14-6-4-3-5-13(14)11-16/h3-10H,2,12H2,1H3. The van der Waals surface area contributed by atoms with Crippen molar-refractivity contribution >= 4 is 15.7 Å². The van der Waals surface area contributed by atoms with Gasteiger partial charge in [-0.25, -0.2) is 8.42 Å². The second-order valence-electron chi connectivity index (χ2n) is 4.40. The molecule has 21 heavy (non-hydrogen) atoms. The number of hydrogen-bond acceptors (Lipinski definition) is 4. The molecule has 0 radical (unpaired) electrons. The van der Waals surface area contributed by atoms with Crippen molar-refractivity contribution in [2.75, 3.05) is 10.8 Å². The molecule has 0 amide bonds. The molecule has 0 atom stereocenters. The Labute approximate surface area is 124 Å². The highest BCUT2D eigenvalue weighted by Gasteiger charge is 2.22. The predicted octanol–water partition coefficient (Wildman–Crippen LogP) is 2.31. The molecule has 0 spiro atoms. The van der Waals surface area contributed by atoms with Crippen LogP contribution in [0.4, 0.5) is 5.69 Å². The van der Waals surface area contributed by atoms with Gasteiger partial charge in [0.15, 0.2) is 0 Å². The lowest BCUT2D eigenvalue weighted by molar-refractivity contribution is 0.591. The second kappa shape index (κ2) is 6.37. The lowest BCUT2D eigenvalue weighted by Gasteiger charge is -2.22. The largest absolute Gasteiger partial charge is 0.270 e. The van der Waals surface area contributed by atoms with Crippen molar-refractivity contribution in [2.45, 2.75) is 12.7 Å². The molecule has 0 saturated heterocycles. The molecule has 1 heterocycles. The number of anilines is 1. The van der Waals surface area contributed by atoms with Gasteiger partial charge >= 0.3 is 0 Å². The first-order chi connectivity index (χ1) is 10.1. The molecule has 5 nitrogen and oxygen atoms in total. The SMILES string of the molecule is CCN(c1ccncc1)S(=O)(=O)Cc1ccccc1C#N. The minimum absolute atomic E-state index is 0.201. The van der Waals surface area contributed by atoms with Crippen LogP contribution in [-0.4, -0.2) is 19.9 Å². The van der Waals surface area contributed by atoms with Gasteiger partial charge in [0, 0.05) is 18.9 Å². The van der Waals surface area contributed by atoms with E-state index in [1.165, 1.54) is 4.31 Å². The molecule has 0 fully saturated rings. The van der Waals surface area contributed by atoms with E-state index in [2.05, 4.69) is 4.98 Å². The van der Waals surface area contributed by atoms with Crippen molar-refractivity contribution in [1.82, 2.24) is 4.98 Å². The second-order valence-corrected chi connectivity index (χ2v) is 6.29. The number of hydrogen-bond donors (Lipinski definition) is 0. The van der Waals surface area contributed by atoms with Crippen LogP contribution in [0, 0.1) is 11.3 Å². The molecular weight excluding hydrogens is 286 g/mol. The first-order valence-corrected chi connectivity index (χ1v) is 8.08. The van der Waals surface area contributed by atoms with Crippen molar-refractivity contribution in [1.29, 1.82) is 5.26 Å². The molecule has 0 N–H and O–H groups in total. The average Bonchev–Trinajstić information content (AvgIpc) is 2.49. The van der Waals surface area contributed by atoms with Gasteiger partial charge in [0.25, 0.3) is 0 Å². The fourth-order valence-electron chi connectivity index (χ4n) is 2.08. The minimum atomic E-state index is -3.56. The van der Waals surface area contributed by atoms with Crippen LogP contribution in [0.1, 0.15) is 18.1 Å². The Bertz CT molecular complexity index is 752. The fourth-order valence-corrected chi connectivity index (χ4v) is 3.72. The van der Waals surface area contributed by atoms with Crippen LogP contribution in [0.2, 0.25) is 0 Å². The zero-order chi connectivity index (χ0) is 15.3. The maximum Gasteiger partial charge on any atom is 0.239 e. The summed E-state index contributed by atoms with van der Waals surface area (Å²) in [6, 6.07) is 12.1. The molecule has 0 unspecified atom stereocenters. The van der Waals surface area contributed by atoms with Crippen LogP contribution in [0.15, 0.2) is 48.8 Å². The van der Waals surface area contributed by atoms with Gasteiger partial charge in [-0.05, 0) is 30.7 Å². The van der Waals surface area contributed by atoms with Gasteiger partial charge < -0.3 is 0 Å². The summed E-state index contributed by atoms with van der Waals surface area (Å²) in [5.41, 5.74) is 1.46. The third-order valence-electron chi connectivity index (χ3n) is 3.05. The van der Waals surface area contributed by atoms with Crippen molar-refractivity contribution in [3.8, 4) is 6.07 Å². The Morgan fingerprint density at radius 2 is 1.86 bits per heavy atom. The van der Waals surface area contributed by atoms with Crippen LogP contribution >= 0.6 is 0 Å². The van der Waals surface area contributed by atoms with E-state index in [1.807, 2.05) is 6.07 Å². The Kier molecular flexibility index (Phi) is 4.55. The summed E-state index contributed by atoms with van der Waals surface area (Å²) < 4.78 is 26.5.